The van der Waals surface area contributed by atoms with Crippen LogP contribution in [-0.2, 0) is 6.42 Å². The number of H-pyrrole nitrogens is 1. The number of amides is 1. The molecule has 1 fully saturated rings. The second-order valence-corrected chi connectivity index (χ2v) is 5.91. The first-order chi connectivity index (χ1) is 11.3. The Balaban J connectivity index is 1.56. The van der Waals surface area contributed by atoms with Gasteiger partial charge in [-0.2, -0.15) is 5.10 Å². The van der Waals surface area contributed by atoms with Gasteiger partial charge in [0, 0.05) is 26.3 Å². The number of hydrogen-bond donors (Lipinski definition) is 2. The number of carbonyl (C=O) groups excluding carboxylic acids is 1. The van der Waals surface area contributed by atoms with E-state index in [4.69, 9.17) is 0 Å². The first-order valence-electron chi connectivity index (χ1n) is 8.03. The summed E-state index contributed by atoms with van der Waals surface area (Å²) in [4.78, 5) is 23.1. The molecule has 1 atom stereocenters. The minimum Gasteiger partial charge on any atom is -0.372 e. The fraction of sp³-hybridized carbons (Fsp3) is 0.500. The second kappa shape index (κ2) is 7.21. The van der Waals surface area contributed by atoms with Crippen LogP contribution in [0.15, 0.2) is 24.7 Å². The second-order valence-electron chi connectivity index (χ2n) is 5.91. The molecule has 3 rings (SSSR count). The number of nitrogens with one attached hydrogen (secondary N) is 2. The van der Waals surface area contributed by atoms with Gasteiger partial charge in [0.15, 0.2) is 0 Å². The maximum atomic E-state index is 12.4. The molecule has 1 saturated heterocycles. The number of rotatable bonds is 4. The molecule has 122 valence electrons. The van der Waals surface area contributed by atoms with Gasteiger partial charge in [0.1, 0.15) is 11.5 Å². The molecule has 1 amide bonds. The van der Waals surface area contributed by atoms with Crippen LogP contribution in [0.25, 0.3) is 0 Å². The van der Waals surface area contributed by atoms with E-state index in [1.807, 2.05) is 18.1 Å². The van der Waals surface area contributed by atoms with E-state index in [1.54, 1.807) is 18.5 Å². The van der Waals surface area contributed by atoms with Gasteiger partial charge in [0.2, 0.25) is 0 Å². The first-order valence-corrected chi connectivity index (χ1v) is 8.03. The third-order valence-electron chi connectivity index (χ3n) is 4.33. The molecule has 0 spiro atoms. The third-order valence-corrected chi connectivity index (χ3v) is 4.33. The number of hydrogen-bond acceptors (Lipinski definition) is 5. The van der Waals surface area contributed by atoms with Crippen LogP contribution in [-0.4, -0.2) is 51.1 Å². The number of aromatic nitrogens is 4. The van der Waals surface area contributed by atoms with Crippen molar-refractivity contribution in [1.82, 2.24) is 25.1 Å². The average molecular weight is 314 g/mol. The molecular weight excluding hydrogens is 292 g/mol. The molecule has 2 N–H and O–H groups in total. The Morgan fingerprint density at radius 3 is 2.96 bits per heavy atom. The molecule has 0 saturated carbocycles. The van der Waals surface area contributed by atoms with Crippen molar-refractivity contribution in [3.8, 4) is 0 Å². The normalized spacial score (nSPS) is 18.5. The van der Waals surface area contributed by atoms with Crippen molar-refractivity contribution in [2.24, 2.45) is 5.92 Å². The summed E-state index contributed by atoms with van der Waals surface area (Å²) >= 11 is 0. The number of nitrogens with zero attached hydrogens (tertiary/aromatic N) is 4. The molecule has 1 aliphatic heterocycles. The Kier molecular flexibility index (Phi) is 4.85. The molecule has 7 nitrogen and oxygen atoms in total. The summed E-state index contributed by atoms with van der Waals surface area (Å²) < 4.78 is 0. The van der Waals surface area contributed by atoms with Gasteiger partial charge in [0.25, 0.3) is 5.91 Å². The first kappa shape index (κ1) is 15.5. The summed E-state index contributed by atoms with van der Waals surface area (Å²) in [5, 5.41) is 9.58. The van der Waals surface area contributed by atoms with Crippen LogP contribution < -0.4 is 5.32 Å². The van der Waals surface area contributed by atoms with Crippen LogP contribution in [0, 0.1) is 5.92 Å². The van der Waals surface area contributed by atoms with Gasteiger partial charge in [0.05, 0.1) is 18.1 Å². The fourth-order valence-electron chi connectivity index (χ4n) is 3.00. The molecule has 0 bridgehead atoms. The van der Waals surface area contributed by atoms with Crippen LogP contribution in [0.3, 0.4) is 0 Å². The van der Waals surface area contributed by atoms with Gasteiger partial charge in [-0.05, 0) is 37.7 Å². The summed E-state index contributed by atoms with van der Waals surface area (Å²) in [6, 6.07) is 1.73. The van der Waals surface area contributed by atoms with Crippen molar-refractivity contribution >= 4 is 11.7 Å². The molecule has 0 unspecified atom stereocenters. The Morgan fingerprint density at radius 1 is 1.35 bits per heavy atom. The minimum atomic E-state index is 0.0429. The molecule has 23 heavy (non-hydrogen) atoms. The van der Waals surface area contributed by atoms with E-state index in [0.717, 1.165) is 50.3 Å². The van der Waals surface area contributed by atoms with Crippen LogP contribution in [0.1, 0.15) is 35.4 Å². The van der Waals surface area contributed by atoms with Crippen molar-refractivity contribution in [1.29, 1.82) is 0 Å². The molecule has 1 aliphatic rings. The largest absolute Gasteiger partial charge is 0.372 e. The molecule has 0 radical (unpaired) electrons. The number of carbonyl (C=O) groups is 1. The van der Waals surface area contributed by atoms with Crippen LogP contribution in [0.2, 0.25) is 0 Å². The number of anilines is 1. The highest BCUT2D eigenvalue weighted by Crippen LogP contribution is 2.22. The van der Waals surface area contributed by atoms with Crippen LogP contribution >= 0.6 is 0 Å². The monoisotopic (exact) mass is 314 g/mol. The maximum absolute atomic E-state index is 12.4. The van der Waals surface area contributed by atoms with Crippen LogP contribution in [0.5, 0.6) is 0 Å². The van der Waals surface area contributed by atoms with Gasteiger partial charge in [-0.3, -0.25) is 14.9 Å². The van der Waals surface area contributed by atoms with Crippen LogP contribution in [0.4, 0.5) is 5.82 Å². The van der Waals surface area contributed by atoms with E-state index in [9.17, 15) is 4.79 Å². The van der Waals surface area contributed by atoms with Gasteiger partial charge in [-0.25, -0.2) is 4.98 Å². The number of likely N-dealkylation sites (tertiary alicyclic amines) is 1. The standard InChI is InChI=1S/C16H22N6O/c1-17-15-11-18-13(10-19-15)9-12-3-2-7-22(8-5-12)16(23)14-4-6-20-21-14/h4,6,10-12H,2-3,5,7-9H2,1H3,(H,17,19)(H,20,21)/t12-/m1/s1. The Labute approximate surface area is 135 Å². The zero-order chi connectivity index (χ0) is 16.1. The molecular formula is C16H22N6O. The Bertz CT molecular complexity index is 625. The van der Waals surface area contributed by atoms with Crippen molar-refractivity contribution in [3.05, 3.63) is 36.0 Å². The fourth-order valence-corrected chi connectivity index (χ4v) is 3.00. The molecule has 3 heterocycles. The quantitative estimate of drug-likeness (QED) is 0.897. The zero-order valence-corrected chi connectivity index (χ0v) is 13.3. The summed E-state index contributed by atoms with van der Waals surface area (Å²) in [6.45, 7) is 1.59. The van der Waals surface area contributed by atoms with Gasteiger partial charge >= 0.3 is 0 Å². The lowest BCUT2D eigenvalue weighted by molar-refractivity contribution is 0.0754. The lowest BCUT2D eigenvalue weighted by atomic mass is 9.95. The topological polar surface area (TPSA) is 86.8 Å². The summed E-state index contributed by atoms with van der Waals surface area (Å²) in [5.74, 6) is 1.37. The maximum Gasteiger partial charge on any atom is 0.271 e. The molecule has 0 aromatic carbocycles. The number of aromatic amines is 1. The molecule has 2 aromatic heterocycles. The minimum absolute atomic E-state index is 0.0429. The van der Waals surface area contributed by atoms with Gasteiger partial charge in [-0.1, -0.05) is 0 Å². The van der Waals surface area contributed by atoms with Crippen molar-refractivity contribution in [2.45, 2.75) is 25.7 Å². The van der Waals surface area contributed by atoms with E-state index in [-0.39, 0.29) is 5.91 Å². The third kappa shape index (κ3) is 3.85. The Hall–Kier alpha value is -2.44. The highest BCUT2D eigenvalue weighted by molar-refractivity contribution is 5.92. The lowest BCUT2D eigenvalue weighted by Gasteiger charge is -2.19. The van der Waals surface area contributed by atoms with E-state index >= 15 is 0 Å². The summed E-state index contributed by atoms with van der Waals surface area (Å²) in [5.41, 5.74) is 1.58. The van der Waals surface area contributed by atoms with E-state index in [0.29, 0.717) is 11.6 Å². The summed E-state index contributed by atoms with van der Waals surface area (Å²) in [7, 11) is 1.83. The lowest BCUT2D eigenvalue weighted by Crippen LogP contribution is -2.32. The summed E-state index contributed by atoms with van der Waals surface area (Å²) in [6.07, 6.45) is 9.26. The average Bonchev–Trinajstić information content (AvgIpc) is 3.02. The highest BCUT2D eigenvalue weighted by Gasteiger charge is 2.22. The SMILES string of the molecule is CNc1cnc(C[C@@H]2CCCN(C(=O)c3ccn[nH]3)CC2)cn1. The zero-order valence-electron chi connectivity index (χ0n) is 13.3. The van der Waals surface area contributed by atoms with Gasteiger partial charge < -0.3 is 10.2 Å². The smallest absolute Gasteiger partial charge is 0.271 e. The van der Waals surface area contributed by atoms with Crippen molar-refractivity contribution in [2.75, 3.05) is 25.5 Å². The van der Waals surface area contributed by atoms with Crippen molar-refractivity contribution in [3.63, 3.8) is 0 Å². The van der Waals surface area contributed by atoms with Crippen molar-refractivity contribution < 1.29 is 4.79 Å². The van der Waals surface area contributed by atoms with Gasteiger partial charge in [-0.15, -0.1) is 0 Å². The Morgan fingerprint density at radius 2 is 2.26 bits per heavy atom. The van der Waals surface area contributed by atoms with E-state index in [2.05, 4.69) is 25.5 Å². The predicted molar refractivity (Wildman–Crippen MR) is 87.1 cm³/mol. The molecule has 0 aliphatic carbocycles. The van der Waals surface area contributed by atoms with E-state index in [1.165, 1.54) is 0 Å². The predicted octanol–water partition coefficient (Wildman–Crippen LogP) is 1.73. The highest BCUT2D eigenvalue weighted by atomic mass is 16.2. The molecule has 7 heteroatoms. The van der Waals surface area contributed by atoms with E-state index < -0.39 is 0 Å². The molecule has 2 aromatic rings.